The van der Waals surface area contributed by atoms with Crippen molar-refractivity contribution in [1.29, 1.82) is 0 Å². The highest BCUT2D eigenvalue weighted by Gasteiger charge is 2.11. The Morgan fingerprint density at radius 3 is 2.94 bits per heavy atom. The zero-order chi connectivity index (χ0) is 11.8. The van der Waals surface area contributed by atoms with Gasteiger partial charge in [-0.3, -0.25) is 4.98 Å². The van der Waals surface area contributed by atoms with Gasteiger partial charge in [-0.2, -0.15) is 0 Å². The molecule has 0 spiro atoms. The predicted molar refractivity (Wildman–Crippen MR) is 62.9 cm³/mol. The van der Waals surface area contributed by atoms with E-state index in [2.05, 4.69) is 9.72 Å². The van der Waals surface area contributed by atoms with Crippen LogP contribution in [0.25, 0.3) is 22.1 Å². The molecule has 17 heavy (non-hydrogen) atoms. The molecule has 0 amide bonds. The van der Waals surface area contributed by atoms with Gasteiger partial charge in [0.15, 0.2) is 5.58 Å². The molecule has 3 rings (SSSR count). The zero-order valence-electron chi connectivity index (χ0n) is 9.14. The number of furan rings is 1. The number of hydrogen-bond acceptors (Lipinski definition) is 4. The van der Waals surface area contributed by atoms with E-state index in [1.807, 2.05) is 24.3 Å². The number of carbonyl (C=O) groups excluding carboxylic acids is 1. The largest absolute Gasteiger partial charge is 0.465 e. The van der Waals surface area contributed by atoms with Crippen molar-refractivity contribution in [3.8, 4) is 0 Å². The number of para-hydroxylation sites is 1. The van der Waals surface area contributed by atoms with E-state index in [4.69, 9.17) is 4.42 Å². The van der Waals surface area contributed by atoms with E-state index < -0.39 is 5.97 Å². The van der Waals surface area contributed by atoms with Crippen LogP contribution < -0.4 is 0 Å². The van der Waals surface area contributed by atoms with Gasteiger partial charge in [0.1, 0.15) is 11.1 Å². The lowest BCUT2D eigenvalue weighted by Crippen LogP contribution is -2.01. The van der Waals surface area contributed by atoms with Crippen LogP contribution in [0.4, 0.5) is 0 Å². The molecule has 0 aliphatic carbocycles. The highest BCUT2D eigenvalue weighted by atomic mass is 16.5. The van der Waals surface area contributed by atoms with Crippen molar-refractivity contribution >= 4 is 28.0 Å². The second kappa shape index (κ2) is 3.59. The van der Waals surface area contributed by atoms with Crippen LogP contribution in [-0.4, -0.2) is 18.1 Å². The minimum atomic E-state index is -0.417. The van der Waals surface area contributed by atoms with Gasteiger partial charge in [-0.15, -0.1) is 0 Å². The Hall–Kier alpha value is -2.36. The number of carbonyl (C=O) groups is 1. The summed E-state index contributed by atoms with van der Waals surface area (Å²) in [5, 5.41) is 0.943. The quantitative estimate of drug-likeness (QED) is 0.600. The number of ether oxygens (including phenoxy) is 1. The third kappa shape index (κ3) is 1.45. The van der Waals surface area contributed by atoms with Gasteiger partial charge < -0.3 is 9.15 Å². The molecule has 1 aromatic carbocycles. The van der Waals surface area contributed by atoms with Crippen LogP contribution in [0.3, 0.4) is 0 Å². The van der Waals surface area contributed by atoms with E-state index in [-0.39, 0.29) is 0 Å². The normalized spacial score (nSPS) is 10.9. The molecule has 0 atom stereocenters. The number of methoxy groups -OCH3 is 1. The van der Waals surface area contributed by atoms with Crippen LogP contribution in [-0.2, 0) is 4.74 Å². The first-order valence-electron chi connectivity index (χ1n) is 5.15. The van der Waals surface area contributed by atoms with Crippen LogP contribution >= 0.6 is 0 Å². The lowest BCUT2D eigenvalue weighted by molar-refractivity contribution is 0.0600. The van der Waals surface area contributed by atoms with Crippen molar-refractivity contribution in [2.45, 2.75) is 0 Å². The van der Waals surface area contributed by atoms with E-state index in [9.17, 15) is 4.79 Å². The summed E-state index contributed by atoms with van der Waals surface area (Å²) < 4.78 is 10.3. The summed E-state index contributed by atoms with van der Waals surface area (Å²) in [7, 11) is 1.34. The first-order chi connectivity index (χ1) is 8.29. The Balaban J connectivity index is 2.30. The summed E-state index contributed by atoms with van der Waals surface area (Å²) >= 11 is 0. The molecule has 0 aliphatic rings. The maximum Gasteiger partial charge on any atom is 0.339 e. The van der Waals surface area contributed by atoms with Crippen LogP contribution in [0.15, 0.2) is 40.9 Å². The second-order valence-corrected chi connectivity index (χ2v) is 3.66. The molecule has 0 radical (unpaired) electrons. The number of fused-ring (bicyclic) bond motifs is 3. The highest BCUT2D eigenvalue weighted by molar-refractivity contribution is 6.04. The van der Waals surface area contributed by atoms with Crippen LogP contribution in [0, 0.1) is 0 Å². The molecule has 84 valence electrons. The molecule has 2 aromatic heterocycles. The van der Waals surface area contributed by atoms with E-state index >= 15 is 0 Å². The van der Waals surface area contributed by atoms with E-state index in [1.165, 1.54) is 13.3 Å². The van der Waals surface area contributed by atoms with Gasteiger partial charge in [0.25, 0.3) is 0 Å². The summed E-state index contributed by atoms with van der Waals surface area (Å²) in [6.45, 7) is 0. The molecule has 0 aliphatic heterocycles. The Morgan fingerprint density at radius 1 is 1.29 bits per heavy atom. The van der Waals surface area contributed by atoms with Gasteiger partial charge in [0.2, 0.25) is 0 Å². The zero-order valence-corrected chi connectivity index (χ0v) is 9.14. The molecule has 0 N–H and O–H groups in total. The van der Waals surface area contributed by atoms with Gasteiger partial charge >= 0.3 is 5.97 Å². The monoisotopic (exact) mass is 227 g/mol. The minimum Gasteiger partial charge on any atom is -0.465 e. The minimum absolute atomic E-state index is 0.388. The van der Waals surface area contributed by atoms with E-state index in [1.54, 1.807) is 6.07 Å². The standard InChI is InChI=1S/C13H9NO3/c1-16-13(15)8-6-11-12(14-7-8)9-4-2-3-5-10(9)17-11/h2-7H,1H3. The first-order valence-corrected chi connectivity index (χ1v) is 5.15. The average Bonchev–Trinajstić information content (AvgIpc) is 2.75. The number of rotatable bonds is 1. The third-order valence-electron chi connectivity index (χ3n) is 2.64. The number of nitrogens with zero attached hydrogens (tertiary/aromatic N) is 1. The summed E-state index contributed by atoms with van der Waals surface area (Å²) in [6, 6.07) is 9.27. The van der Waals surface area contributed by atoms with Gasteiger partial charge in [0.05, 0.1) is 12.7 Å². The fourth-order valence-electron chi connectivity index (χ4n) is 1.82. The number of hydrogen-bond donors (Lipinski definition) is 0. The molecule has 0 bridgehead atoms. The van der Waals surface area contributed by atoms with Crippen molar-refractivity contribution in [3.63, 3.8) is 0 Å². The summed E-state index contributed by atoms with van der Waals surface area (Å²) in [4.78, 5) is 15.6. The maximum absolute atomic E-state index is 11.4. The fraction of sp³-hybridized carbons (Fsp3) is 0.0769. The highest BCUT2D eigenvalue weighted by Crippen LogP contribution is 2.27. The van der Waals surface area contributed by atoms with Crippen molar-refractivity contribution in [2.75, 3.05) is 7.11 Å². The summed E-state index contributed by atoms with van der Waals surface area (Å²) in [6.07, 6.45) is 1.50. The molecule has 0 fully saturated rings. The number of pyridine rings is 1. The fourth-order valence-corrected chi connectivity index (χ4v) is 1.82. The Labute approximate surface area is 96.8 Å². The maximum atomic E-state index is 11.4. The van der Waals surface area contributed by atoms with Gasteiger partial charge in [0, 0.05) is 11.6 Å². The summed E-state index contributed by atoms with van der Waals surface area (Å²) in [5.41, 5.74) is 2.50. The average molecular weight is 227 g/mol. The number of aromatic nitrogens is 1. The van der Waals surface area contributed by atoms with Crippen molar-refractivity contribution < 1.29 is 13.9 Å². The molecule has 4 heteroatoms. The van der Waals surface area contributed by atoms with Crippen molar-refractivity contribution in [1.82, 2.24) is 4.98 Å². The Morgan fingerprint density at radius 2 is 2.12 bits per heavy atom. The predicted octanol–water partition coefficient (Wildman–Crippen LogP) is 2.77. The van der Waals surface area contributed by atoms with Crippen LogP contribution in [0.2, 0.25) is 0 Å². The molecule has 0 saturated heterocycles. The smallest absolute Gasteiger partial charge is 0.339 e. The van der Waals surface area contributed by atoms with Crippen LogP contribution in [0.1, 0.15) is 10.4 Å². The molecular weight excluding hydrogens is 218 g/mol. The van der Waals surface area contributed by atoms with Crippen LogP contribution in [0.5, 0.6) is 0 Å². The Bertz CT molecular complexity index is 715. The SMILES string of the molecule is COC(=O)c1cnc2c(c1)oc1ccccc12. The summed E-state index contributed by atoms with van der Waals surface area (Å²) in [5.74, 6) is -0.417. The molecule has 0 unspecified atom stereocenters. The third-order valence-corrected chi connectivity index (χ3v) is 2.64. The van der Waals surface area contributed by atoms with Crippen molar-refractivity contribution in [3.05, 3.63) is 42.1 Å². The van der Waals surface area contributed by atoms with E-state index in [0.29, 0.717) is 11.1 Å². The van der Waals surface area contributed by atoms with Gasteiger partial charge in [-0.05, 0) is 18.2 Å². The first kappa shape index (κ1) is 9.84. The second-order valence-electron chi connectivity index (χ2n) is 3.66. The number of benzene rings is 1. The van der Waals surface area contributed by atoms with E-state index in [0.717, 1.165) is 16.5 Å². The topological polar surface area (TPSA) is 52.3 Å². The number of esters is 1. The molecular formula is C13H9NO3. The molecule has 3 aromatic rings. The lowest BCUT2D eigenvalue weighted by atomic mass is 10.2. The molecule has 2 heterocycles. The molecule has 4 nitrogen and oxygen atoms in total. The Kier molecular flexibility index (Phi) is 2.08. The van der Waals surface area contributed by atoms with Gasteiger partial charge in [-0.1, -0.05) is 12.1 Å². The lowest BCUT2D eigenvalue weighted by Gasteiger charge is -1.97. The van der Waals surface area contributed by atoms with Crippen molar-refractivity contribution in [2.24, 2.45) is 0 Å². The van der Waals surface area contributed by atoms with Gasteiger partial charge in [-0.25, -0.2) is 4.79 Å². The molecule has 0 saturated carbocycles.